The van der Waals surface area contributed by atoms with Gasteiger partial charge in [0, 0.05) is 38.7 Å². The number of nitrogens with one attached hydrogen (secondary N) is 2. The summed E-state index contributed by atoms with van der Waals surface area (Å²) in [5.41, 5.74) is 4.40. The van der Waals surface area contributed by atoms with Crippen molar-refractivity contribution in [1.29, 1.82) is 5.26 Å². The molecule has 0 aliphatic heterocycles. The van der Waals surface area contributed by atoms with Crippen molar-refractivity contribution in [2.24, 2.45) is 0 Å². The molecular formula is C33H27N6O4S+. The van der Waals surface area contributed by atoms with Gasteiger partial charge in [0.1, 0.15) is 18.8 Å². The lowest BCUT2D eigenvalue weighted by Crippen LogP contribution is -2.30. The quantitative estimate of drug-likeness (QED) is 0.0961. The Morgan fingerprint density at radius 3 is 2.43 bits per heavy atom. The largest absolute Gasteiger partial charge is 0.325 e. The number of benzene rings is 2. The van der Waals surface area contributed by atoms with Gasteiger partial charge in [-0.1, -0.05) is 12.1 Å². The van der Waals surface area contributed by atoms with Crippen molar-refractivity contribution >= 4 is 63.7 Å². The van der Waals surface area contributed by atoms with Gasteiger partial charge in [0.2, 0.25) is 5.91 Å². The minimum absolute atomic E-state index is 0.174. The molecule has 11 heteroatoms. The molecule has 0 spiro atoms. The second-order valence-electron chi connectivity index (χ2n) is 9.60. The molecule has 0 radical (unpaired) electrons. The van der Waals surface area contributed by atoms with Crippen LogP contribution in [0, 0.1) is 11.3 Å². The Labute approximate surface area is 256 Å². The fourth-order valence-corrected chi connectivity index (χ4v) is 5.32. The number of pyridine rings is 1. The Bertz CT molecular complexity index is 2000. The van der Waals surface area contributed by atoms with Gasteiger partial charge in [-0.15, -0.1) is 11.3 Å². The third-order valence-electron chi connectivity index (χ3n) is 6.74. The van der Waals surface area contributed by atoms with Crippen LogP contribution >= 0.6 is 11.3 Å². The highest BCUT2D eigenvalue weighted by atomic mass is 32.1. The van der Waals surface area contributed by atoms with Crippen LogP contribution in [0.2, 0.25) is 0 Å². The Morgan fingerprint density at radius 1 is 1.00 bits per heavy atom. The minimum atomic E-state index is -0.669. The predicted octanol–water partition coefficient (Wildman–Crippen LogP) is 4.76. The molecule has 0 bridgehead atoms. The fourth-order valence-electron chi connectivity index (χ4n) is 4.46. The van der Waals surface area contributed by atoms with Gasteiger partial charge in [-0.05, 0) is 73.7 Å². The maximum Gasteiger partial charge on any atom is 0.277 e. The van der Waals surface area contributed by atoms with Crippen molar-refractivity contribution in [3.05, 3.63) is 122 Å². The predicted molar refractivity (Wildman–Crippen MR) is 169 cm³/mol. The average Bonchev–Trinajstić information content (AvgIpc) is 3.51. The van der Waals surface area contributed by atoms with E-state index in [1.165, 1.54) is 40.2 Å². The van der Waals surface area contributed by atoms with Crippen molar-refractivity contribution in [1.82, 2.24) is 15.0 Å². The molecule has 3 N–H and O–H groups in total. The topological polar surface area (TPSA) is 141 Å². The highest BCUT2D eigenvalue weighted by molar-refractivity contribution is 7.13. The number of amides is 2. The molecule has 218 valence electrons. The molecule has 2 amide bonds. The number of hydrogen-bond donors (Lipinski definition) is 3. The van der Waals surface area contributed by atoms with E-state index in [4.69, 9.17) is 5.21 Å². The number of para-hydroxylation sites is 2. The van der Waals surface area contributed by atoms with Crippen LogP contribution in [0.15, 0.2) is 90.0 Å². The number of thiophene rings is 1. The monoisotopic (exact) mass is 603 g/mol. The molecule has 5 aromatic rings. The number of nitrogens with zero attached hydrogens (tertiary/aromatic N) is 4. The van der Waals surface area contributed by atoms with Crippen LogP contribution in [-0.2, 0) is 17.9 Å². The number of carbonyl (C=O) groups excluding carboxylic acids is 2. The first-order valence-electron chi connectivity index (χ1n) is 13.6. The minimum Gasteiger partial charge on any atom is -0.325 e. The third kappa shape index (κ3) is 6.84. The smallest absolute Gasteiger partial charge is 0.277 e. The summed E-state index contributed by atoms with van der Waals surface area (Å²) in [4.78, 5) is 44.3. The lowest BCUT2D eigenvalue weighted by Gasteiger charge is -2.12. The molecule has 0 unspecified atom stereocenters. The third-order valence-corrected chi connectivity index (χ3v) is 7.74. The zero-order chi connectivity index (χ0) is 31.1. The number of anilines is 1. The van der Waals surface area contributed by atoms with Crippen molar-refractivity contribution in [2.45, 2.75) is 20.0 Å². The van der Waals surface area contributed by atoms with Crippen LogP contribution in [0.5, 0.6) is 0 Å². The highest BCUT2D eigenvalue weighted by Gasteiger charge is 2.14. The van der Waals surface area contributed by atoms with E-state index in [1.807, 2.05) is 54.2 Å². The standard InChI is InChI=1S/C33H26N6O4S/c1-2-38-17-15-22(16-18-38)24(20-34)19-27-12-11-26(44-27)13-14-29-33(42)39(30-6-4-3-5-28(30)36-29)21-31(40)35-25-9-7-23(8-10-25)32(41)37-43/h3-19H,2,21H2,1H3,(H2-,35,36,37,40,41,42,43)/p+1. The zero-order valence-electron chi connectivity index (χ0n) is 23.6. The molecule has 3 heterocycles. The molecule has 10 nitrogen and oxygen atoms in total. The van der Waals surface area contributed by atoms with Crippen LogP contribution in [0.25, 0.3) is 34.8 Å². The van der Waals surface area contributed by atoms with E-state index in [2.05, 4.69) is 16.4 Å². The molecule has 44 heavy (non-hydrogen) atoms. The van der Waals surface area contributed by atoms with Crippen LogP contribution in [0.1, 0.15) is 38.3 Å². The van der Waals surface area contributed by atoms with E-state index in [0.29, 0.717) is 22.3 Å². The van der Waals surface area contributed by atoms with Crippen molar-refractivity contribution in [3.8, 4) is 6.07 Å². The molecule has 0 atom stereocenters. The Hall–Kier alpha value is -5.70. The summed E-state index contributed by atoms with van der Waals surface area (Å²) in [6.07, 6.45) is 9.12. The normalized spacial score (nSPS) is 11.4. The van der Waals surface area contributed by atoms with Crippen LogP contribution in [0.4, 0.5) is 5.69 Å². The number of hydrogen-bond acceptors (Lipinski definition) is 7. The van der Waals surface area contributed by atoms with Gasteiger partial charge in [0.05, 0.1) is 22.7 Å². The SMILES string of the molecule is CC[n+]1ccc(/C(C#N)=C/c2ccc(/C=C/c3nc4ccccc4n(CC(=O)Nc4ccc(C(=O)NO)cc4)c3=O)s2)cc1. The fraction of sp³-hybridized carbons (Fsp3) is 0.0909. The Morgan fingerprint density at radius 2 is 1.73 bits per heavy atom. The number of nitriles is 1. The summed E-state index contributed by atoms with van der Waals surface area (Å²) < 4.78 is 3.39. The number of hydroxylamine groups is 1. The Balaban J connectivity index is 1.37. The van der Waals surface area contributed by atoms with E-state index < -0.39 is 17.4 Å². The lowest BCUT2D eigenvalue weighted by atomic mass is 10.1. The van der Waals surface area contributed by atoms with E-state index in [0.717, 1.165) is 21.9 Å². The summed E-state index contributed by atoms with van der Waals surface area (Å²) >= 11 is 1.47. The first-order valence-corrected chi connectivity index (χ1v) is 14.4. The molecule has 0 fully saturated rings. The number of fused-ring (bicyclic) bond motifs is 1. The van der Waals surface area contributed by atoms with E-state index in [-0.39, 0.29) is 17.8 Å². The number of aryl methyl sites for hydroxylation is 1. The van der Waals surface area contributed by atoms with Gasteiger partial charge in [-0.3, -0.25) is 24.2 Å². The highest BCUT2D eigenvalue weighted by Crippen LogP contribution is 2.24. The maximum absolute atomic E-state index is 13.5. The van der Waals surface area contributed by atoms with Gasteiger partial charge in [0.15, 0.2) is 12.4 Å². The molecule has 2 aromatic carbocycles. The second-order valence-corrected chi connectivity index (χ2v) is 10.8. The number of rotatable bonds is 9. The average molecular weight is 604 g/mol. The summed E-state index contributed by atoms with van der Waals surface area (Å²) in [6.45, 7) is 2.64. The lowest BCUT2D eigenvalue weighted by molar-refractivity contribution is -0.693. The molecule has 0 saturated carbocycles. The van der Waals surface area contributed by atoms with Gasteiger partial charge >= 0.3 is 0 Å². The van der Waals surface area contributed by atoms with Crippen molar-refractivity contribution in [2.75, 3.05) is 5.32 Å². The van der Waals surface area contributed by atoms with Crippen LogP contribution in [0.3, 0.4) is 0 Å². The summed E-state index contributed by atoms with van der Waals surface area (Å²) in [5.74, 6) is -1.11. The molecule has 5 rings (SSSR count). The first kappa shape index (κ1) is 29.8. The number of aromatic nitrogens is 3. The number of allylic oxidation sites excluding steroid dienone is 1. The zero-order valence-corrected chi connectivity index (χ0v) is 24.4. The van der Waals surface area contributed by atoms with E-state index in [9.17, 15) is 19.6 Å². The van der Waals surface area contributed by atoms with Gasteiger partial charge in [-0.2, -0.15) is 5.26 Å². The van der Waals surface area contributed by atoms with Crippen molar-refractivity contribution in [3.63, 3.8) is 0 Å². The maximum atomic E-state index is 13.5. The number of carbonyl (C=O) groups is 2. The van der Waals surface area contributed by atoms with Gasteiger partial charge < -0.3 is 5.32 Å². The van der Waals surface area contributed by atoms with Crippen molar-refractivity contribution < 1.29 is 19.4 Å². The summed E-state index contributed by atoms with van der Waals surface area (Å²) in [5, 5.41) is 21.2. The molecular weight excluding hydrogens is 576 g/mol. The molecule has 0 aliphatic carbocycles. The van der Waals surface area contributed by atoms with Gasteiger partial charge in [-0.25, -0.2) is 15.0 Å². The van der Waals surface area contributed by atoms with Crippen LogP contribution in [-0.4, -0.2) is 26.6 Å². The van der Waals surface area contributed by atoms with E-state index >= 15 is 0 Å². The Kier molecular flexibility index (Phi) is 9.15. The molecule has 0 saturated heterocycles. The van der Waals surface area contributed by atoms with Crippen LogP contribution < -0.4 is 20.9 Å². The first-order chi connectivity index (χ1) is 21.4. The molecule has 3 aromatic heterocycles. The summed E-state index contributed by atoms with van der Waals surface area (Å²) in [6, 6.07) is 22.9. The second kappa shape index (κ2) is 13.5. The molecule has 0 aliphatic rings. The van der Waals surface area contributed by atoms with Gasteiger partial charge in [0.25, 0.3) is 11.5 Å². The van der Waals surface area contributed by atoms with E-state index in [1.54, 1.807) is 41.9 Å². The summed E-state index contributed by atoms with van der Waals surface area (Å²) in [7, 11) is 0.